The number of nitrogens with zero attached hydrogens (tertiary/aromatic N) is 1. The van der Waals surface area contributed by atoms with Gasteiger partial charge in [0.05, 0.1) is 0 Å². The summed E-state index contributed by atoms with van der Waals surface area (Å²) in [5.74, 6) is 1.34. The zero-order valence-electron chi connectivity index (χ0n) is 11.6. The number of carbonyl (C=O) groups is 1. The van der Waals surface area contributed by atoms with Crippen LogP contribution in [0.3, 0.4) is 0 Å². The molecule has 4 nitrogen and oxygen atoms in total. The van der Waals surface area contributed by atoms with E-state index in [-0.39, 0.29) is 17.0 Å². The predicted molar refractivity (Wildman–Crippen MR) is 78.8 cm³/mol. The predicted octanol–water partition coefficient (Wildman–Crippen LogP) is 1.90. The summed E-state index contributed by atoms with van der Waals surface area (Å²) >= 11 is 1.91. The number of H-pyrrole nitrogens is 1. The van der Waals surface area contributed by atoms with Gasteiger partial charge in [-0.25, -0.2) is 0 Å². The van der Waals surface area contributed by atoms with Crippen LogP contribution in [0.25, 0.3) is 0 Å². The van der Waals surface area contributed by atoms with Gasteiger partial charge in [-0.05, 0) is 25.0 Å². The molecule has 1 unspecified atom stereocenters. The minimum Gasteiger partial charge on any atom is -0.337 e. The summed E-state index contributed by atoms with van der Waals surface area (Å²) in [6, 6.07) is 3.40. The van der Waals surface area contributed by atoms with Crippen LogP contribution in [0.2, 0.25) is 0 Å². The number of aromatic nitrogens is 1. The van der Waals surface area contributed by atoms with Gasteiger partial charge in [-0.15, -0.1) is 0 Å². The molecule has 2 rings (SSSR count). The first kappa shape index (κ1) is 14.2. The number of hydrogen-bond acceptors (Lipinski definition) is 3. The molecule has 0 spiro atoms. The fourth-order valence-corrected chi connectivity index (χ4v) is 3.47. The third-order valence-electron chi connectivity index (χ3n) is 3.41. The third kappa shape index (κ3) is 3.21. The minimum atomic E-state index is -0.288. The molecule has 1 amide bonds. The van der Waals surface area contributed by atoms with Crippen LogP contribution in [0.5, 0.6) is 0 Å². The van der Waals surface area contributed by atoms with E-state index in [1.54, 1.807) is 17.0 Å². The van der Waals surface area contributed by atoms with Crippen LogP contribution >= 0.6 is 11.8 Å². The Bertz CT molecular complexity index is 524. The molecular weight excluding hydrogens is 260 g/mol. The molecule has 1 aromatic rings. The van der Waals surface area contributed by atoms with Crippen molar-refractivity contribution in [3.8, 4) is 0 Å². The van der Waals surface area contributed by atoms with Crippen LogP contribution in [0.1, 0.15) is 29.9 Å². The zero-order chi connectivity index (χ0) is 14.0. The topological polar surface area (TPSA) is 53.2 Å². The van der Waals surface area contributed by atoms with Gasteiger partial charge in [0.15, 0.2) is 0 Å². The number of pyridine rings is 1. The third-order valence-corrected chi connectivity index (χ3v) is 4.95. The quantitative estimate of drug-likeness (QED) is 0.900. The standard InChI is InChI=1S/C14H20N2O2S/c1-9(2)12-8-16(6-7-19-12)14(18)11-5-4-10(3)15-13(11)17/h4-5,9,12H,6-8H2,1-3H3,(H,15,17). The van der Waals surface area contributed by atoms with Crippen molar-refractivity contribution in [2.75, 3.05) is 18.8 Å². The van der Waals surface area contributed by atoms with E-state index in [2.05, 4.69) is 18.8 Å². The molecule has 0 radical (unpaired) electrons. The molecule has 1 atom stereocenters. The molecule has 2 heterocycles. The summed E-state index contributed by atoms with van der Waals surface area (Å²) in [5, 5.41) is 0.460. The lowest BCUT2D eigenvalue weighted by atomic mass is 10.1. The second kappa shape index (κ2) is 5.82. The maximum Gasteiger partial charge on any atom is 0.260 e. The van der Waals surface area contributed by atoms with Crippen LogP contribution in [-0.2, 0) is 0 Å². The second-order valence-electron chi connectivity index (χ2n) is 5.29. The van der Waals surface area contributed by atoms with E-state index in [1.165, 1.54) is 0 Å². The van der Waals surface area contributed by atoms with Crippen LogP contribution in [0.15, 0.2) is 16.9 Å². The van der Waals surface area contributed by atoms with E-state index >= 15 is 0 Å². The number of thioether (sulfide) groups is 1. The Morgan fingerprint density at radius 1 is 1.47 bits per heavy atom. The molecular formula is C14H20N2O2S. The van der Waals surface area contributed by atoms with Gasteiger partial charge in [0.1, 0.15) is 5.56 Å². The fourth-order valence-electron chi connectivity index (χ4n) is 2.17. The number of rotatable bonds is 2. The highest BCUT2D eigenvalue weighted by atomic mass is 32.2. The molecule has 1 aliphatic rings. The van der Waals surface area contributed by atoms with E-state index < -0.39 is 0 Å². The van der Waals surface area contributed by atoms with Crippen LogP contribution in [-0.4, -0.2) is 39.9 Å². The molecule has 1 aliphatic heterocycles. The monoisotopic (exact) mass is 280 g/mol. The van der Waals surface area contributed by atoms with Crippen LogP contribution in [0, 0.1) is 12.8 Å². The van der Waals surface area contributed by atoms with E-state index in [1.807, 2.05) is 18.7 Å². The largest absolute Gasteiger partial charge is 0.337 e. The first-order chi connectivity index (χ1) is 8.99. The van der Waals surface area contributed by atoms with E-state index in [0.717, 1.165) is 24.5 Å². The highest BCUT2D eigenvalue weighted by Crippen LogP contribution is 2.25. The van der Waals surface area contributed by atoms with Crippen molar-refractivity contribution in [3.05, 3.63) is 33.7 Å². The number of aromatic amines is 1. The SMILES string of the molecule is Cc1ccc(C(=O)N2CCSC(C(C)C)C2)c(=O)[nH]1. The van der Waals surface area contributed by atoms with E-state index in [9.17, 15) is 9.59 Å². The van der Waals surface area contributed by atoms with Crippen molar-refractivity contribution in [1.82, 2.24) is 9.88 Å². The van der Waals surface area contributed by atoms with Crippen molar-refractivity contribution < 1.29 is 4.79 Å². The summed E-state index contributed by atoms with van der Waals surface area (Å²) in [7, 11) is 0. The number of hydrogen-bond donors (Lipinski definition) is 1. The Kier molecular flexibility index (Phi) is 4.34. The molecule has 1 fully saturated rings. The highest BCUT2D eigenvalue weighted by Gasteiger charge is 2.27. The van der Waals surface area contributed by atoms with Crippen LogP contribution in [0.4, 0.5) is 0 Å². The molecule has 19 heavy (non-hydrogen) atoms. The summed E-state index contributed by atoms with van der Waals surface area (Å²) < 4.78 is 0. The van der Waals surface area contributed by atoms with Crippen molar-refractivity contribution in [3.63, 3.8) is 0 Å². The number of aryl methyl sites for hydroxylation is 1. The average Bonchev–Trinajstić information content (AvgIpc) is 2.38. The molecule has 1 aromatic heterocycles. The minimum absolute atomic E-state index is 0.146. The van der Waals surface area contributed by atoms with Gasteiger partial charge in [0.2, 0.25) is 0 Å². The van der Waals surface area contributed by atoms with Gasteiger partial charge in [0.25, 0.3) is 11.5 Å². The van der Waals surface area contributed by atoms with E-state index in [0.29, 0.717) is 11.2 Å². The van der Waals surface area contributed by atoms with Crippen molar-refractivity contribution in [2.24, 2.45) is 5.92 Å². The summed E-state index contributed by atoms with van der Waals surface area (Å²) in [4.78, 5) is 28.7. The fraction of sp³-hybridized carbons (Fsp3) is 0.571. The summed E-state index contributed by atoms with van der Waals surface area (Å²) in [6.07, 6.45) is 0. The van der Waals surface area contributed by atoms with Gasteiger partial charge >= 0.3 is 0 Å². The molecule has 5 heteroatoms. The van der Waals surface area contributed by atoms with Gasteiger partial charge in [-0.3, -0.25) is 9.59 Å². The number of nitrogens with one attached hydrogen (secondary N) is 1. The second-order valence-corrected chi connectivity index (χ2v) is 6.64. The Labute approximate surface area is 117 Å². The molecule has 0 aromatic carbocycles. The molecule has 1 saturated heterocycles. The van der Waals surface area contributed by atoms with Gasteiger partial charge < -0.3 is 9.88 Å². The Balaban J connectivity index is 2.17. The molecule has 0 saturated carbocycles. The first-order valence-corrected chi connectivity index (χ1v) is 7.64. The number of amides is 1. The Morgan fingerprint density at radius 3 is 2.84 bits per heavy atom. The van der Waals surface area contributed by atoms with Gasteiger partial charge in [-0.2, -0.15) is 11.8 Å². The van der Waals surface area contributed by atoms with E-state index in [4.69, 9.17) is 0 Å². The summed E-state index contributed by atoms with van der Waals surface area (Å²) in [5.41, 5.74) is 0.736. The summed E-state index contributed by atoms with van der Waals surface area (Å²) in [6.45, 7) is 7.60. The molecule has 0 aliphatic carbocycles. The Morgan fingerprint density at radius 2 is 2.21 bits per heavy atom. The maximum absolute atomic E-state index is 12.4. The van der Waals surface area contributed by atoms with Crippen LogP contribution < -0.4 is 5.56 Å². The number of carbonyl (C=O) groups excluding carboxylic acids is 1. The Hall–Kier alpha value is -1.23. The van der Waals surface area contributed by atoms with Crippen molar-refractivity contribution >= 4 is 17.7 Å². The van der Waals surface area contributed by atoms with Gasteiger partial charge in [0, 0.05) is 29.8 Å². The lowest BCUT2D eigenvalue weighted by Crippen LogP contribution is -2.45. The smallest absolute Gasteiger partial charge is 0.260 e. The lowest BCUT2D eigenvalue weighted by molar-refractivity contribution is 0.0754. The average molecular weight is 280 g/mol. The van der Waals surface area contributed by atoms with Gasteiger partial charge in [-0.1, -0.05) is 13.8 Å². The lowest BCUT2D eigenvalue weighted by Gasteiger charge is -2.34. The van der Waals surface area contributed by atoms with Crippen molar-refractivity contribution in [2.45, 2.75) is 26.0 Å². The van der Waals surface area contributed by atoms with Crippen molar-refractivity contribution in [1.29, 1.82) is 0 Å². The highest BCUT2D eigenvalue weighted by molar-refractivity contribution is 8.00. The first-order valence-electron chi connectivity index (χ1n) is 6.60. The molecule has 1 N–H and O–H groups in total. The normalized spacial score (nSPS) is 19.8. The molecule has 0 bridgehead atoms. The maximum atomic E-state index is 12.4. The zero-order valence-corrected chi connectivity index (χ0v) is 12.4. The molecule has 104 valence electrons.